The molecule has 2 saturated heterocycles. The molecule has 2 aromatic carbocycles. The summed E-state index contributed by atoms with van der Waals surface area (Å²) in [5.41, 5.74) is 3.27. The molecule has 1 amide bonds. The normalized spacial score (nSPS) is 23.7. The van der Waals surface area contributed by atoms with Crippen LogP contribution in [0.25, 0.3) is 0 Å². The number of benzene rings is 2. The third-order valence-electron chi connectivity index (χ3n) is 6.75. The molecule has 6 nitrogen and oxygen atoms in total. The predicted molar refractivity (Wildman–Crippen MR) is 124 cm³/mol. The van der Waals surface area contributed by atoms with Crippen molar-refractivity contribution in [3.63, 3.8) is 0 Å². The van der Waals surface area contributed by atoms with E-state index in [-0.39, 0.29) is 12.0 Å². The van der Waals surface area contributed by atoms with E-state index in [1.165, 1.54) is 18.4 Å². The van der Waals surface area contributed by atoms with Crippen molar-refractivity contribution in [2.24, 2.45) is 0 Å². The number of likely N-dealkylation sites (tertiary alicyclic amines) is 1. The summed E-state index contributed by atoms with van der Waals surface area (Å²) in [5.74, 6) is 2.33. The minimum Gasteiger partial charge on any atom is -0.492 e. The van der Waals surface area contributed by atoms with Gasteiger partial charge in [-0.25, -0.2) is 0 Å². The lowest BCUT2D eigenvalue weighted by Gasteiger charge is -2.20. The fourth-order valence-electron chi connectivity index (χ4n) is 4.68. The molecule has 2 atom stereocenters. The Balaban J connectivity index is 1.15. The van der Waals surface area contributed by atoms with Crippen molar-refractivity contribution >= 4 is 11.6 Å². The van der Waals surface area contributed by atoms with Crippen LogP contribution in [-0.4, -0.2) is 60.9 Å². The molecule has 0 radical (unpaired) electrons. The Morgan fingerprint density at radius 3 is 2.53 bits per heavy atom. The molecule has 2 heterocycles. The number of rotatable bonds is 8. The number of β-amino-alcohol motifs (C(OH)–C–C–N with tert-alkyl or cyclic N) is 1. The first kappa shape index (κ1) is 21.3. The molecule has 3 fully saturated rings. The lowest BCUT2D eigenvalue weighted by Crippen LogP contribution is -2.32. The van der Waals surface area contributed by atoms with Crippen molar-refractivity contribution in [2.75, 3.05) is 37.7 Å². The van der Waals surface area contributed by atoms with Crippen LogP contribution in [0, 0.1) is 6.92 Å². The van der Waals surface area contributed by atoms with Gasteiger partial charge in [-0.2, -0.15) is 0 Å². The Morgan fingerprint density at radius 2 is 1.84 bits per heavy atom. The van der Waals surface area contributed by atoms with Gasteiger partial charge in [-0.05, 0) is 73.6 Å². The summed E-state index contributed by atoms with van der Waals surface area (Å²) in [6.07, 6.45) is 3.44. The molecule has 6 heteroatoms. The van der Waals surface area contributed by atoms with E-state index in [1.807, 2.05) is 42.2 Å². The van der Waals surface area contributed by atoms with Gasteiger partial charge in [0, 0.05) is 38.3 Å². The monoisotopic (exact) mass is 436 g/mol. The molecule has 1 N–H and O–H groups in total. The maximum atomic E-state index is 13.0. The summed E-state index contributed by atoms with van der Waals surface area (Å²) < 4.78 is 12.0. The number of anilines is 1. The van der Waals surface area contributed by atoms with Gasteiger partial charge in [0.05, 0.1) is 6.10 Å². The topological polar surface area (TPSA) is 62.2 Å². The maximum Gasteiger partial charge on any atom is 0.268 e. The zero-order valence-corrected chi connectivity index (χ0v) is 18.7. The van der Waals surface area contributed by atoms with Gasteiger partial charge in [-0.1, -0.05) is 12.1 Å². The standard InChI is InChI=1S/C26H32N2O4/c1-18-16-21(6-9-24(18)31-15-14-27-12-10-22(29)17-27)28-13-11-25(26(28)30)32-23-7-4-20(5-8-23)19-2-3-19/h4-9,16,19,22,25,29H,2-3,10-15,17H2,1H3/t22-,25+/m1/s1. The lowest BCUT2D eigenvalue weighted by atomic mass is 10.1. The zero-order valence-electron chi connectivity index (χ0n) is 18.7. The second kappa shape index (κ2) is 9.12. The van der Waals surface area contributed by atoms with Crippen molar-refractivity contribution in [3.05, 3.63) is 53.6 Å². The second-order valence-electron chi connectivity index (χ2n) is 9.27. The highest BCUT2D eigenvalue weighted by atomic mass is 16.5. The molecule has 0 bridgehead atoms. The minimum absolute atomic E-state index is 0.0110. The molecule has 170 valence electrons. The number of ether oxygens (including phenoxy) is 2. The van der Waals surface area contributed by atoms with Gasteiger partial charge >= 0.3 is 0 Å². The van der Waals surface area contributed by atoms with E-state index in [2.05, 4.69) is 17.0 Å². The second-order valence-corrected chi connectivity index (χ2v) is 9.27. The molecule has 2 aliphatic heterocycles. The molecular weight excluding hydrogens is 404 g/mol. The Kier molecular flexibility index (Phi) is 6.07. The summed E-state index contributed by atoms with van der Waals surface area (Å²) in [6, 6.07) is 14.1. The summed E-state index contributed by atoms with van der Waals surface area (Å²) in [4.78, 5) is 17.0. The van der Waals surface area contributed by atoms with Crippen molar-refractivity contribution in [3.8, 4) is 11.5 Å². The van der Waals surface area contributed by atoms with Crippen LogP contribution in [0.5, 0.6) is 11.5 Å². The molecule has 0 unspecified atom stereocenters. The maximum absolute atomic E-state index is 13.0. The third-order valence-corrected chi connectivity index (χ3v) is 6.75. The Labute approximate surface area is 189 Å². The Morgan fingerprint density at radius 1 is 1.03 bits per heavy atom. The smallest absolute Gasteiger partial charge is 0.268 e. The van der Waals surface area contributed by atoms with E-state index < -0.39 is 6.10 Å². The van der Waals surface area contributed by atoms with E-state index in [9.17, 15) is 9.90 Å². The van der Waals surface area contributed by atoms with Crippen LogP contribution in [0.4, 0.5) is 5.69 Å². The molecule has 2 aromatic rings. The molecule has 0 aromatic heterocycles. The summed E-state index contributed by atoms with van der Waals surface area (Å²) in [5, 5.41) is 9.63. The minimum atomic E-state index is -0.436. The summed E-state index contributed by atoms with van der Waals surface area (Å²) in [7, 11) is 0. The zero-order chi connectivity index (χ0) is 22.1. The average molecular weight is 437 g/mol. The highest BCUT2D eigenvalue weighted by Crippen LogP contribution is 2.40. The largest absolute Gasteiger partial charge is 0.492 e. The molecule has 5 rings (SSSR count). The van der Waals surface area contributed by atoms with Gasteiger partial charge in [-0.3, -0.25) is 9.69 Å². The molecule has 1 saturated carbocycles. The number of hydrogen-bond donors (Lipinski definition) is 1. The fourth-order valence-corrected chi connectivity index (χ4v) is 4.68. The van der Waals surface area contributed by atoms with Crippen molar-refractivity contribution < 1.29 is 19.4 Å². The number of aryl methyl sites for hydroxylation is 1. The van der Waals surface area contributed by atoms with Crippen molar-refractivity contribution in [1.29, 1.82) is 0 Å². The molecular formula is C26H32N2O4. The number of aliphatic hydroxyl groups excluding tert-OH is 1. The van der Waals surface area contributed by atoms with E-state index in [1.54, 1.807) is 0 Å². The van der Waals surface area contributed by atoms with Gasteiger partial charge in [0.2, 0.25) is 0 Å². The van der Waals surface area contributed by atoms with Crippen LogP contribution in [0.15, 0.2) is 42.5 Å². The van der Waals surface area contributed by atoms with Crippen LogP contribution >= 0.6 is 0 Å². The van der Waals surface area contributed by atoms with E-state index >= 15 is 0 Å². The van der Waals surface area contributed by atoms with Crippen LogP contribution in [-0.2, 0) is 4.79 Å². The fraction of sp³-hybridized carbons (Fsp3) is 0.500. The highest BCUT2D eigenvalue weighted by Gasteiger charge is 2.34. The van der Waals surface area contributed by atoms with Gasteiger partial charge in [-0.15, -0.1) is 0 Å². The number of hydrogen-bond acceptors (Lipinski definition) is 5. The third kappa shape index (κ3) is 4.76. The number of carbonyl (C=O) groups excluding carboxylic acids is 1. The van der Waals surface area contributed by atoms with Crippen LogP contribution in [0.3, 0.4) is 0 Å². The number of amides is 1. The van der Waals surface area contributed by atoms with Crippen LogP contribution in [0.2, 0.25) is 0 Å². The Bertz CT molecular complexity index is 957. The molecule has 32 heavy (non-hydrogen) atoms. The molecule has 0 spiro atoms. The van der Waals surface area contributed by atoms with Crippen molar-refractivity contribution in [1.82, 2.24) is 4.90 Å². The van der Waals surface area contributed by atoms with E-state index in [4.69, 9.17) is 9.47 Å². The Hall–Kier alpha value is -2.57. The summed E-state index contributed by atoms with van der Waals surface area (Å²) in [6.45, 7) is 5.71. The SMILES string of the molecule is Cc1cc(N2CC[C@H](Oc3ccc(C4CC4)cc3)C2=O)ccc1OCCN1CC[C@@H](O)C1. The summed E-state index contributed by atoms with van der Waals surface area (Å²) >= 11 is 0. The quantitative estimate of drug-likeness (QED) is 0.686. The van der Waals surface area contributed by atoms with Gasteiger partial charge in [0.25, 0.3) is 5.91 Å². The number of nitrogens with zero attached hydrogens (tertiary/aromatic N) is 2. The molecule has 1 aliphatic carbocycles. The van der Waals surface area contributed by atoms with E-state index in [0.29, 0.717) is 19.6 Å². The van der Waals surface area contributed by atoms with Crippen LogP contribution in [0.1, 0.15) is 42.7 Å². The van der Waals surface area contributed by atoms with Gasteiger partial charge in [0.15, 0.2) is 6.10 Å². The van der Waals surface area contributed by atoms with Gasteiger partial charge in [0.1, 0.15) is 18.1 Å². The number of aliphatic hydroxyl groups is 1. The number of carbonyl (C=O) groups is 1. The van der Waals surface area contributed by atoms with E-state index in [0.717, 1.165) is 54.7 Å². The first-order chi connectivity index (χ1) is 15.6. The van der Waals surface area contributed by atoms with Gasteiger partial charge < -0.3 is 19.5 Å². The average Bonchev–Trinajstić information content (AvgIpc) is 3.47. The van der Waals surface area contributed by atoms with Crippen molar-refractivity contribution in [2.45, 2.75) is 50.7 Å². The molecule has 3 aliphatic rings. The van der Waals surface area contributed by atoms with Crippen LogP contribution < -0.4 is 14.4 Å². The first-order valence-electron chi connectivity index (χ1n) is 11.8. The highest BCUT2D eigenvalue weighted by molar-refractivity contribution is 5.99. The lowest BCUT2D eigenvalue weighted by molar-refractivity contribution is -0.122. The predicted octanol–water partition coefficient (Wildman–Crippen LogP) is 3.50. The first-order valence-corrected chi connectivity index (χ1v) is 11.8.